The zero-order valence-electron chi connectivity index (χ0n) is 18.4. The van der Waals surface area contributed by atoms with E-state index in [-0.39, 0.29) is 23.8 Å². The van der Waals surface area contributed by atoms with Gasteiger partial charge in [0, 0.05) is 12.4 Å². The highest BCUT2D eigenvalue weighted by Gasteiger charge is 2.43. The minimum absolute atomic E-state index is 0.0167. The second kappa shape index (κ2) is 9.09. The van der Waals surface area contributed by atoms with Crippen LogP contribution >= 0.6 is 0 Å². The monoisotopic (exact) mass is 428 g/mol. The summed E-state index contributed by atoms with van der Waals surface area (Å²) in [6, 6.07) is 6.18. The molecule has 168 valence electrons. The van der Waals surface area contributed by atoms with Crippen molar-refractivity contribution in [2.45, 2.75) is 63.6 Å². The van der Waals surface area contributed by atoms with Gasteiger partial charge in [0.2, 0.25) is 5.91 Å². The molecule has 2 heterocycles. The summed E-state index contributed by atoms with van der Waals surface area (Å²) in [6.07, 6.45) is 7.49. The third-order valence-corrected chi connectivity index (χ3v) is 7.21. The SMILES string of the molecule is Cc1nccn1[C@@H]1CCC[C@@H](NC(=O)C2(Cc3cccc(F)c3)CCN(C)CC2)[C@H]1O. The molecule has 2 N–H and O–H groups in total. The minimum atomic E-state index is -0.664. The lowest BCUT2D eigenvalue weighted by Crippen LogP contribution is -2.56. The van der Waals surface area contributed by atoms with E-state index >= 15 is 0 Å². The van der Waals surface area contributed by atoms with Gasteiger partial charge in [-0.25, -0.2) is 9.37 Å². The Morgan fingerprint density at radius 3 is 2.77 bits per heavy atom. The number of rotatable bonds is 5. The number of nitrogens with zero attached hydrogens (tertiary/aromatic N) is 3. The molecule has 2 aromatic rings. The van der Waals surface area contributed by atoms with Crippen molar-refractivity contribution in [1.82, 2.24) is 19.8 Å². The van der Waals surface area contributed by atoms with Crippen LogP contribution in [0.3, 0.4) is 0 Å². The first-order valence-electron chi connectivity index (χ1n) is 11.3. The van der Waals surface area contributed by atoms with Crippen LogP contribution in [0.25, 0.3) is 0 Å². The topological polar surface area (TPSA) is 70.4 Å². The van der Waals surface area contributed by atoms with E-state index < -0.39 is 11.5 Å². The van der Waals surface area contributed by atoms with Crippen molar-refractivity contribution in [3.63, 3.8) is 0 Å². The molecule has 31 heavy (non-hydrogen) atoms. The van der Waals surface area contributed by atoms with E-state index in [9.17, 15) is 14.3 Å². The van der Waals surface area contributed by atoms with Gasteiger partial charge in [0.1, 0.15) is 11.6 Å². The molecule has 1 aliphatic carbocycles. The number of piperidine rings is 1. The largest absolute Gasteiger partial charge is 0.389 e. The Kier molecular flexibility index (Phi) is 6.44. The van der Waals surface area contributed by atoms with Gasteiger partial charge in [-0.2, -0.15) is 0 Å². The van der Waals surface area contributed by atoms with Crippen LogP contribution in [0.5, 0.6) is 0 Å². The predicted octanol–water partition coefficient (Wildman–Crippen LogP) is 2.86. The average molecular weight is 429 g/mol. The van der Waals surface area contributed by atoms with E-state index in [4.69, 9.17) is 0 Å². The molecule has 0 spiro atoms. The van der Waals surface area contributed by atoms with Crippen LogP contribution in [0.15, 0.2) is 36.7 Å². The Hall–Kier alpha value is -2.25. The molecule has 1 saturated heterocycles. The molecule has 1 amide bonds. The molecule has 1 aliphatic heterocycles. The van der Waals surface area contributed by atoms with E-state index in [1.54, 1.807) is 12.3 Å². The second-order valence-corrected chi connectivity index (χ2v) is 9.34. The maximum atomic E-state index is 13.8. The Bertz CT molecular complexity index is 906. The standard InChI is InChI=1S/C24H33FN4O2/c1-17-26-11-14-29(17)21-8-4-7-20(22(21)30)27-23(31)24(9-12-28(2)13-10-24)16-18-5-3-6-19(25)15-18/h3,5-6,11,14-15,20-22,30H,4,7-10,12-13,16H2,1-2H3,(H,27,31)/t20-,21-,22-/m1/s1. The lowest BCUT2D eigenvalue weighted by atomic mass is 9.72. The summed E-state index contributed by atoms with van der Waals surface area (Å²) in [6.45, 7) is 3.58. The maximum Gasteiger partial charge on any atom is 0.226 e. The summed E-state index contributed by atoms with van der Waals surface area (Å²) in [5.74, 6) is 0.577. The maximum absolute atomic E-state index is 13.8. The summed E-state index contributed by atoms with van der Waals surface area (Å²) >= 11 is 0. The van der Waals surface area contributed by atoms with Gasteiger partial charge < -0.3 is 19.9 Å². The zero-order valence-corrected chi connectivity index (χ0v) is 18.4. The zero-order chi connectivity index (χ0) is 22.0. The number of carbonyl (C=O) groups excluding carboxylic acids is 1. The predicted molar refractivity (Wildman–Crippen MR) is 117 cm³/mol. The van der Waals surface area contributed by atoms with Crippen LogP contribution in [0, 0.1) is 18.2 Å². The highest BCUT2D eigenvalue weighted by molar-refractivity contribution is 5.83. The normalized spacial score (nSPS) is 26.5. The average Bonchev–Trinajstić information content (AvgIpc) is 3.17. The summed E-state index contributed by atoms with van der Waals surface area (Å²) in [5.41, 5.74) is 0.258. The third kappa shape index (κ3) is 4.67. The molecule has 6 nitrogen and oxygen atoms in total. The molecule has 4 rings (SSSR count). The Morgan fingerprint density at radius 1 is 1.32 bits per heavy atom. The summed E-state index contributed by atoms with van der Waals surface area (Å²) < 4.78 is 15.8. The van der Waals surface area contributed by atoms with Gasteiger partial charge in [-0.05, 0) is 83.3 Å². The molecule has 2 aliphatic rings. The third-order valence-electron chi connectivity index (χ3n) is 7.21. The van der Waals surface area contributed by atoms with Crippen molar-refractivity contribution < 1.29 is 14.3 Å². The fourth-order valence-electron chi connectivity index (χ4n) is 5.25. The van der Waals surface area contributed by atoms with Crippen LogP contribution in [0.1, 0.15) is 49.5 Å². The Balaban J connectivity index is 1.52. The van der Waals surface area contributed by atoms with Gasteiger partial charge >= 0.3 is 0 Å². The fourth-order valence-corrected chi connectivity index (χ4v) is 5.25. The number of amides is 1. The van der Waals surface area contributed by atoms with Crippen LogP contribution in [0.4, 0.5) is 4.39 Å². The van der Waals surface area contributed by atoms with Crippen molar-refractivity contribution in [2.75, 3.05) is 20.1 Å². The van der Waals surface area contributed by atoms with Crippen LogP contribution in [-0.4, -0.2) is 57.7 Å². The number of nitrogens with one attached hydrogen (secondary N) is 1. The second-order valence-electron chi connectivity index (χ2n) is 9.34. The molecule has 0 unspecified atom stereocenters. The first-order valence-corrected chi connectivity index (χ1v) is 11.3. The lowest BCUT2D eigenvalue weighted by Gasteiger charge is -2.42. The summed E-state index contributed by atoms with van der Waals surface area (Å²) in [7, 11) is 2.06. The molecule has 1 saturated carbocycles. The molecular formula is C24H33FN4O2. The smallest absolute Gasteiger partial charge is 0.226 e. The van der Waals surface area contributed by atoms with Crippen LogP contribution < -0.4 is 5.32 Å². The Labute approximate surface area is 183 Å². The molecular weight excluding hydrogens is 395 g/mol. The minimum Gasteiger partial charge on any atom is -0.389 e. The highest BCUT2D eigenvalue weighted by Crippen LogP contribution is 2.37. The van der Waals surface area contributed by atoms with E-state index in [1.165, 1.54) is 12.1 Å². The highest BCUT2D eigenvalue weighted by atomic mass is 19.1. The van der Waals surface area contributed by atoms with Crippen LogP contribution in [0.2, 0.25) is 0 Å². The molecule has 3 atom stereocenters. The van der Waals surface area contributed by atoms with Crippen molar-refractivity contribution >= 4 is 5.91 Å². The summed E-state index contributed by atoms with van der Waals surface area (Å²) in [4.78, 5) is 20.1. The number of halogens is 1. The number of carbonyl (C=O) groups is 1. The van der Waals surface area contributed by atoms with Gasteiger partial charge in [0.25, 0.3) is 0 Å². The lowest BCUT2D eigenvalue weighted by molar-refractivity contribution is -0.136. The number of likely N-dealkylation sites (tertiary alicyclic amines) is 1. The van der Waals surface area contributed by atoms with Crippen molar-refractivity contribution in [3.8, 4) is 0 Å². The number of aliphatic hydroxyl groups excluding tert-OH is 1. The number of aliphatic hydroxyl groups is 1. The van der Waals surface area contributed by atoms with E-state index in [0.717, 1.165) is 56.6 Å². The number of aryl methyl sites for hydroxylation is 1. The summed E-state index contributed by atoms with van der Waals surface area (Å²) in [5, 5.41) is 14.3. The number of benzene rings is 1. The van der Waals surface area contributed by atoms with Crippen molar-refractivity contribution in [1.29, 1.82) is 0 Å². The van der Waals surface area contributed by atoms with Gasteiger partial charge in [-0.3, -0.25) is 4.79 Å². The van der Waals surface area contributed by atoms with Crippen molar-refractivity contribution in [2.24, 2.45) is 5.41 Å². The molecule has 0 radical (unpaired) electrons. The van der Waals surface area contributed by atoms with E-state index in [2.05, 4.69) is 22.2 Å². The van der Waals surface area contributed by atoms with Gasteiger partial charge in [-0.15, -0.1) is 0 Å². The van der Waals surface area contributed by atoms with Gasteiger partial charge in [0.05, 0.1) is 23.6 Å². The van der Waals surface area contributed by atoms with Gasteiger partial charge in [0.15, 0.2) is 0 Å². The van der Waals surface area contributed by atoms with E-state index in [0.29, 0.717) is 6.42 Å². The van der Waals surface area contributed by atoms with Crippen molar-refractivity contribution in [3.05, 3.63) is 53.9 Å². The molecule has 2 fully saturated rings. The Morgan fingerprint density at radius 2 is 2.10 bits per heavy atom. The van der Waals surface area contributed by atoms with Crippen LogP contribution in [-0.2, 0) is 11.2 Å². The number of imidazole rings is 1. The molecule has 1 aromatic carbocycles. The quantitative estimate of drug-likeness (QED) is 0.768. The number of aromatic nitrogens is 2. The first-order chi connectivity index (χ1) is 14.9. The molecule has 0 bridgehead atoms. The fraction of sp³-hybridized carbons (Fsp3) is 0.583. The molecule has 1 aromatic heterocycles. The number of hydrogen-bond acceptors (Lipinski definition) is 4. The first kappa shape index (κ1) is 22.0. The number of hydrogen-bond donors (Lipinski definition) is 2. The molecule has 7 heteroatoms. The van der Waals surface area contributed by atoms with Gasteiger partial charge in [-0.1, -0.05) is 12.1 Å². The van der Waals surface area contributed by atoms with E-state index in [1.807, 2.05) is 23.8 Å².